The van der Waals surface area contributed by atoms with Crippen LogP contribution in [0.5, 0.6) is 11.5 Å². The number of aliphatic carboxylic acids is 2. The number of carboxylic acids is 2. The summed E-state index contributed by atoms with van der Waals surface area (Å²) in [5, 5.41) is 73.0. The Morgan fingerprint density at radius 3 is 2.13 bits per heavy atom. The minimum absolute atomic E-state index is 0. The fourth-order valence-corrected chi connectivity index (χ4v) is 11.7. The van der Waals surface area contributed by atoms with Crippen LogP contribution in [0.1, 0.15) is 146 Å². The Morgan fingerprint density at radius 2 is 1.57 bits per heavy atom. The van der Waals surface area contributed by atoms with Gasteiger partial charge in [0.15, 0.2) is 17.3 Å². The zero-order valence-electron chi connectivity index (χ0n) is 43.2. The average Bonchev–Trinajstić information content (AvgIpc) is 3.63. The van der Waals surface area contributed by atoms with Crippen LogP contribution < -0.4 is 40.4 Å². The van der Waals surface area contributed by atoms with Gasteiger partial charge in [0.1, 0.15) is 17.4 Å². The molecule has 16 nitrogen and oxygen atoms in total. The van der Waals surface area contributed by atoms with E-state index in [2.05, 4.69) is 20.8 Å². The van der Waals surface area contributed by atoms with Gasteiger partial charge in [-0.3, -0.25) is 9.59 Å². The Balaban J connectivity index is 0.000000553. The van der Waals surface area contributed by atoms with E-state index in [9.17, 15) is 39.9 Å². The molecule has 0 amide bonds. The van der Waals surface area contributed by atoms with Gasteiger partial charge in [-0.15, -0.1) is 0 Å². The van der Waals surface area contributed by atoms with Gasteiger partial charge >= 0.3 is 35.5 Å². The molecule has 4 fully saturated rings. The van der Waals surface area contributed by atoms with E-state index in [0.717, 1.165) is 6.42 Å². The summed E-state index contributed by atoms with van der Waals surface area (Å²) in [6.45, 7) is 20.9. The van der Waals surface area contributed by atoms with E-state index in [1.54, 1.807) is 19.1 Å². The minimum atomic E-state index is -1.39. The van der Waals surface area contributed by atoms with Crippen molar-refractivity contribution in [2.24, 2.45) is 47.2 Å². The van der Waals surface area contributed by atoms with Gasteiger partial charge in [-0.1, -0.05) is 61.5 Å². The van der Waals surface area contributed by atoms with E-state index >= 15 is 0 Å². The van der Waals surface area contributed by atoms with E-state index < -0.39 is 94.4 Å². The van der Waals surface area contributed by atoms with Crippen LogP contribution in [-0.2, 0) is 44.5 Å². The summed E-state index contributed by atoms with van der Waals surface area (Å²) in [5.41, 5.74) is 3.07. The molecule has 386 valence electrons. The van der Waals surface area contributed by atoms with Gasteiger partial charge in [0.2, 0.25) is 5.79 Å². The first kappa shape index (κ1) is 59.4. The normalized spacial score (nSPS) is 38.6. The molecular formula is C52H82NNaO15. The van der Waals surface area contributed by atoms with Crippen LogP contribution in [0.3, 0.4) is 0 Å². The minimum Gasteiger partial charge on any atom is -0.550 e. The van der Waals surface area contributed by atoms with Gasteiger partial charge in [0, 0.05) is 48.4 Å². The van der Waals surface area contributed by atoms with Crippen LogP contribution in [0.25, 0.3) is 0 Å². The molecule has 5 aliphatic heterocycles. The predicted octanol–water partition coefficient (Wildman–Crippen LogP) is 2.30. The van der Waals surface area contributed by atoms with Crippen LogP contribution in [0.4, 0.5) is 0 Å². The second-order valence-corrected chi connectivity index (χ2v) is 21.6. The summed E-state index contributed by atoms with van der Waals surface area (Å²) in [6.07, 6.45) is 5.30. The molecule has 1 aromatic rings. The van der Waals surface area contributed by atoms with Crippen molar-refractivity contribution in [1.29, 1.82) is 0 Å². The molecule has 8 N–H and O–H groups in total. The first-order chi connectivity index (χ1) is 31.6. The maximum atomic E-state index is 14.4. The standard InChI is InChI=1S/C42H70O11.C10H13NO4.Na/c1-11-29(38(46)47)31-15-14-23(4)36(50-31)27(8)34(44)26(7)35(45)30(12-2)37-24(5)22-25(6)41(51-37)19-16-32(43)42(53-41)21-20-39(10,52-42)33-17-18-40(48,13-3)28(9)49-33;1-10(11,9(14)15)5-6-2-3-7(12)8(13)4-6;/h16,19,23-34,36-37,43-44,48H,11-15,17-18,20-22H2,1-10H3,(H,46,47);2-4,12-13H,5,11H2,1H3,(H,14,15);/q;;+1/p-1. The van der Waals surface area contributed by atoms with Crippen molar-refractivity contribution in [1.82, 2.24) is 0 Å². The van der Waals surface area contributed by atoms with Crippen molar-refractivity contribution in [3.05, 3.63) is 35.9 Å². The number of Topliss-reactive ketones (excluding diaryl/α,β-unsaturated/α-hetero) is 1. The summed E-state index contributed by atoms with van der Waals surface area (Å²) in [7, 11) is 0. The average molecular weight is 984 g/mol. The first-order valence-electron chi connectivity index (χ1n) is 25.1. The number of phenolic OH excluding ortho intramolecular Hbond substituents is 2. The van der Waals surface area contributed by atoms with Crippen molar-refractivity contribution < 1.29 is 103 Å². The van der Waals surface area contributed by atoms with Crippen LogP contribution >= 0.6 is 0 Å². The van der Waals surface area contributed by atoms with Crippen molar-refractivity contribution in [3.8, 4) is 11.5 Å². The van der Waals surface area contributed by atoms with E-state index in [0.29, 0.717) is 63.4 Å². The predicted molar refractivity (Wildman–Crippen MR) is 250 cm³/mol. The first-order valence-corrected chi connectivity index (χ1v) is 25.1. The number of aliphatic hydroxyl groups is 3. The SMILES string of the molecule is CC(N)(Cc1ccc(O)c(O)c1)C(=O)O.CCC(C(=O)[O-])C1CCC(C)C(C(C)C(O)C(C)C(=O)C(CC)C2OC3(C=CC(O)C4(CCC(C)(C5CCC(O)(CC)C(C)O5)O4)O3)C(C)CC2C)O1.[Na+]. The van der Waals surface area contributed by atoms with Crippen molar-refractivity contribution in [2.45, 2.75) is 218 Å². The smallest absolute Gasteiger partial charge is 0.550 e. The number of benzene rings is 1. The van der Waals surface area contributed by atoms with Crippen molar-refractivity contribution in [2.75, 3.05) is 0 Å². The Kier molecular flexibility index (Phi) is 20.1. The van der Waals surface area contributed by atoms with Crippen LogP contribution in [-0.4, -0.2) is 119 Å². The van der Waals surface area contributed by atoms with Crippen LogP contribution in [0, 0.1) is 41.4 Å². The molecule has 17 heteroatoms. The number of ether oxygens (including phenoxy) is 5. The van der Waals surface area contributed by atoms with Crippen molar-refractivity contribution in [3.63, 3.8) is 0 Å². The number of aromatic hydroxyl groups is 2. The number of aliphatic hydroxyl groups excluding tert-OH is 2. The molecule has 0 aromatic heterocycles. The zero-order chi connectivity index (χ0) is 50.9. The number of nitrogens with two attached hydrogens (primary N) is 1. The number of hydrogen-bond acceptors (Lipinski definition) is 15. The summed E-state index contributed by atoms with van der Waals surface area (Å²) in [6, 6.07) is 4.11. The van der Waals surface area contributed by atoms with Crippen LogP contribution in [0.2, 0.25) is 0 Å². The van der Waals surface area contributed by atoms with E-state index in [1.807, 2.05) is 41.5 Å². The summed E-state index contributed by atoms with van der Waals surface area (Å²) in [5.74, 6) is -7.88. The third kappa shape index (κ3) is 12.6. The fourth-order valence-electron chi connectivity index (χ4n) is 11.7. The summed E-state index contributed by atoms with van der Waals surface area (Å²) < 4.78 is 33.4. The number of carboxylic acid groups (broad SMARTS) is 2. The van der Waals surface area contributed by atoms with Crippen molar-refractivity contribution >= 4 is 17.7 Å². The molecule has 0 saturated carbocycles. The van der Waals surface area contributed by atoms with Gasteiger partial charge < -0.3 is 70.0 Å². The maximum absolute atomic E-state index is 14.4. The number of carbonyl (C=O) groups excluding carboxylic acids is 2. The largest absolute Gasteiger partial charge is 1.00 e. The zero-order valence-corrected chi connectivity index (χ0v) is 45.2. The molecule has 19 unspecified atom stereocenters. The molecular weight excluding hydrogens is 902 g/mol. The third-order valence-electron chi connectivity index (χ3n) is 16.5. The second kappa shape index (κ2) is 23.3. The molecule has 69 heavy (non-hydrogen) atoms. The van der Waals surface area contributed by atoms with Gasteiger partial charge in [-0.05, 0) is 120 Å². The monoisotopic (exact) mass is 984 g/mol. The molecule has 1 aromatic carbocycles. The number of hydrogen-bond donors (Lipinski definition) is 7. The molecule has 0 radical (unpaired) electrons. The van der Waals surface area contributed by atoms with E-state index in [4.69, 9.17) is 39.6 Å². The fraction of sp³-hybridized carbons (Fsp3) is 0.788. The molecule has 6 rings (SSSR count). The quantitative estimate of drug-likeness (QED) is 0.0755. The Bertz CT molecular complexity index is 1950. The number of ketones is 1. The summed E-state index contributed by atoms with van der Waals surface area (Å²) in [4.78, 5) is 37.0. The summed E-state index contributed by atoms with van der Waals surface area (Å²) >= 11 is 0. The Hall–Kier alpha value is -2.19. The molecule has 4 saturated heterocycles. The molecule has 19 atom stereocenters. The molecule has 0 bridgehead atoms. The Labute approximate surface area is 431 Å². The number of phenols is 2. The van der Waals surface area contributed by atoms with Gasteiger partial charge in [0.25, 0.3) is 0 Å². The topological polar surface area (TPSA) is 268 Å². The molecule has 0 aliphatic carbocycles. The third-order valence-corrected chi connectivity index (χ3v) is 16.5. The molecule has 5 aliphatic rings. The van der Waals surface area contributed by atoms with E-state index in [1.165, 1.54) is 25.1 Å². The van der Waals surface area contributed by atoms with Gasteiger partial charge in [-0.2, -0.15) is 0 Å². The van der Waals surface area contributed by atoms with Crippen LogP contribution in [0.15, 0.2) is 30.4 Å². The molecule has 5 heterocycles. The maximum Gasteiger partial charge on any atom is 1.00 e. The Morgan fingerprint density at radius 1 is 0.913 bits per heavy atom. The van der Waals surface area contributed by atoms with Gasteiger partial charge in [0.05, 0.1) is 47.8 Å². The second-order valence-electron chi connectivity index (χ2n) is 21.6. The number of rotatable bonds is 15. The molecule has 2 spiro atoms. The van der Waals surface area contributed by atoms with Gasteiger partial charge in [-0.25, -0.2) is 0 Å². The van der Waals surface area contributed by atoms with E-state index in [-0.39, 0.29) is 83.2 Å². The number of carbonyl (C=O) groups is 3.